The van der Waals surface area contributed by atoms with E-state index in [2.05, 4.69) is 0 Å². The molecule has 0 aliphatic carbocycles. The van der Waals surface area contributed by atoms with Gasteiger partial charge in [-0.15, -0.1) is 0 Å². The Kier molecular flexibility index (Phi) is 4.39. The van der Waals surface area contributed by atoms with Gasteiger partial charge in [0.2, 0.25) is 0 Å². The molecule has 3 rings (SSSR count). The Morgan fingerprint density at radius 1 is 1.41 bits per heavy atom. The summed E-state index contributed by atoms with van der Waals surface area (Å²) in [7, 11) is 0. The van der Waals surface area contributed by atoms with E-state index in [9.17, 15) is 14.3 Å². The van der Waals surface area contributed by atoms with Gasteiger partial charge in [-0.05, 0) is 37.5 Å². The number of likely N-dealkylation sites (tertiary alicyclic amines) is 1. The summed E-state index contributed by atoms with van der Waals surface area (Å²) in [6.45, 7) is 1.61. The van der Waals surface area contributed by atoms with Gasteiger partial charge >= 0.3 is 0 Å². The van der Waals surface area contributed by atoms with Crippen LogP contribution in [0.15, 0.2) is 18.2 Å². The van der Waals surface area contributed by atoms with E-state index in [1.54, 1.807) is 4.90 Å². The van der Waals surface area contributed by atoms with Crippen LogP contribution in [0, 0.1) is 5.82 Å². The number of aliphatic hydroxyl groups is 1. The van der Waals surface area contributed by atoms with Crippen LogP contribution in [-0.2, 0) is 4.74 Å². The quantitative estimate of drug-likeness (QED) is 0.862. The third-order valence-electron chi connectivity index (χ3n) is 4.59. The SMILES string of the molecule is O=C(c1cc(F)ccc1Cl)N1CCC2(CC1)CC(O)CCO2. The number of amides is 1. The van der Waals surface area contributed by atoms with Crippen LogP contribution in [0.5, 0.6) is 0 Å². The third-order valence-corrected chi connectivity index (χ3v) is 4.92. The second-order valence-electron chi connectivity index (χ2n) is 6.09. The number of aliphatic hydroxyl groups excluding tert-OH is 1. The molecule has 1 amide bonds. The molecule has 6 heteroatoms. The molecule has 2 aliphatic rings. The number of ether oxygens (including phenoxy) is 1. The molecule has 2 heterocycles. The van der Waals surface area contributed by atoms with Crippen LogP contribution in [0.2, 0.25) is 5.02 Å². The summed E-state index contributed by atoms with van der Waals surface area (Å²) in [5, 5.41) is 10.1. The highest BCUT2D eigenvalue weighted by Crippen LogP contribution is 2.35. The van der Waals surface area contributed by atoms with Crippen LogP contribution >= 0.6 is 11.6 Å². The number of piperidine rings is 1. The highest BCUT2D eigenvalue weighted by Gasteiger charge is 2.41. The van der Waals surface area contributed by atoms with Gasteiger partial charge < -0.3 is 14.7 Å². The predicted octanol–water partition coefficient (Wildman–Crippen LogP) is 2.63. The van der Waals surface area contributed by atoms with E-state index >= 15 is 0 Å². The minimum Gasteiger partial charge on any atom is -0.393 e. The fourth-order valence-corrected chi connectivity index (χ4v) is 3.50. The van der Waals surface area contributed by atoms with Crippen LogP contribution < -0.4 is 0 Å². The Labute approximate surface area is 133 Å². The number of carbonyl (C=O) groups is 1. The summed E-state index contributed by atoms with van der Waals surface area (Å²) >= 11 is 6.00. The fourth-order valence-electron chi connectivity index (χ4n) is 3.30. The van der Waals surface area contributed by atoms with Crippen molar-refractivity contribution in [2.45, 2.75) is 37.4 Å². The van der Waals surface area contributed by atoms with Gasteiger partial charge in [0.05, 0.1) is 22.3 Å². The van der Waals surface area contributed by atoms with Crippen molar-refractivity contribution in [2.24, 2.45) is 0 Å². The smallest absolute Gasteiger partial charge is 0.255 e. The third kappa shape index (κ3) is 3.12. The standard InChI is InChI=1S/C16H19ClFNO3/c17-14-2-1-11(18)9-13(14)15(21)19-6-4-16(5-7-19)10-12(20)3-8-22-16/h1-2,9,12,20H,3-8,10H2. The van der Waals surface area contributed by atoms with Crippen LogP contribution in [0.25, 0.3) is 0 Å². The van der Waals surface area contributed by atoms with E-state index in [1.165, 1.54) is 18.2 Å². The second-order valence-corrected chi connectivity index (χ2v) is 6.50. The van der Waals surface area contributed by atoms with Crippen molar-refractivity contribution in [3.8, 4) is 0 Å². The first kappa shape index (κ1) is 15.7. The number of rotatable bonds is 1. The Balaban J connectivity index is 1.68. The molecule has 1 spiro atoms. The van der Waals surface area contributed by atoms with Crippen molar-refractivity contribution in [3.05, 3.63) is 34.6 Å². The van der Waals surface area contributed by atoms with Crippen molar-refractivity contribution in [2.75, 3.05) is 19.7 Å². The average molecular weight is 328 g/mol. The lowest BCUT2D eigenvalue weighted by Gasteiger charge is -2.45. The summed E-state index contributed by atoms with van der Waals surface area (Å²) in [4.78, 5) is 14.2. The highest BCUT2D eigenvalue weighted by atomic mass is 35.5. The predicted molar refractivity (Wildman–Crippen MR) is 80.5 cm³/mol. The lowest BCUT2D eigenvalue weighted by Crippen LogP contribution is -2.51. The maximum Gasteiger partial charge on any atom is 0.255 e. The molecule has 2 fully saturated rings. The van der Waals surface area contributed by atoms with Gasteiger partial charge in [-0.1, -0.05) is 11.6 Å². The number of halogens is 2. The first-order valence-electron chi connectivity index (χ1n) is 7.55. The summed E-state index contributed by atoms with van der Waals surface area (Å²) in [5.41, 5.74) is -0.123. The molecule has 2 aliphatic heterocycles. The molecule has 1 aromatic rings. The van der Waals surface area contributed by atoms with Crippen LogP contribution in [0.1, 0.15) is 36.0 Å². The van der Waals surface area contributed by atoms with Crippen LogP contribution in [0.3, 0.4) is 0 Å². The Morgan fingerprint density at radius 2 is 2.14 bits per heavy atom. The Bertz CT molecular complexity index is 573. The zero-order valence-electron chi connectivity index (χ0n) is 12.2. The minimum atomic E-state index is -0.472. The number of nitrogens with zero attached hydrogens (tertiary/aromatic N) is 1. The molecule has 2 saturated heterocycles. The lowest BCUT2D eigenvalue weighted by molar-refractivity contribution is -0.139. The highest BCUT2D eigenvalue weighted by molar-refractivity contribution is 6.33. The molecular formula is C16H19ClFNO3. The van der Waals surface area contributed by atoms with Crippen LogP contribution in [0.4, 0.5) is 4.39 Å². The number of carbonyl (C=O) groups excluding carboxylic acids is 1. The summed E-state index contributed by atoms with van der Waals surface area (Å²) in [5.74, 6) is -0.726. The van der Waals surface area contributed by atoms with Crippen molar-refractivity contribution >= 4 is 17.5 Å². The monoisotopic (exact) mass is 327 g/mol. The molecule has 1 atom stereocenters. The maximum atomic E-state index is 13.3. The summed E-state index contributed by atoms with van der Waals surface area (Å²) < 4.78 is 19.2. The van der Waals surface area contributed by atoms with E-state index in [4.69, 9.17) is 16.3 Å². The zero-order chi connectivity index (χ0) is 15.7. The van der Waals surface area contributed by atoms with Gasteiger partial charge in [0, 0.05) is 26.1 Å². The summed E-state index contributed by atoms with van der Waals surface area (Å²) in [6, 6.07) is 3.81. The lowest BCUT2D eigenvalue weighted by atomic mass is 9.83. The van der Waals surface area contributed by atoms with Gasteiger partial charge in [-0.3, -0.25) is 4.79 Å². The van der Waals surface area contributed by atoms with E-state index in [0.717, 1.165) is 0 Å². The first-order valence-corrected chi connectivity index (χ1v) is 7.93. The molecule has 4 nitrogen and oxygen atoms in total. The average Bonchev–Trinajstić information content (AvgIpc) is 2.50. The molecule has 0 saturated carbocycles. The molecule has 120 valence electrons. The topological polar surface area (TPSA) is 49.8 Å². The maximum absolute atomic E-state index is 13.3. The number of hydrogen-bond donors (Lipinski definition) is 1. The molecule has 1 N–H and O–H groups in total. The molecule has 1 unspecified atom stereocenters. The zero-order valence-corrected chi connectivity index (χ0v) is 13.0. The molecule has 0 aromatic heterocycles. The van der Waals surface area contributed by atoms with Crippen molar-refractivity contribution < 1.29 is 19.0 Å². The molecule has 22 heavy (non-hydrogen) atoms. The van der Waals surface area contributed by atoms with Crippen LogP contribution in [-0.4, -0.2) is 47.3 Å². The van der Waals surface area contributed by atoms with E-state index in [-0.39, 0.29) is 28.2 Å². The fraction of sp³-hybridized carbons (Fsp3) is 0.562. The van der Waals surface area contributed by atoms with Gasteiger partial charge in [-0.25, -0.2) is 4.39 Å². The molecule has 1 aromatic carbocycles. The molecular weight excluding hydrogens is 309 g/mol. The second kappa shape index (κ2) is 6.14. The van der Waals surface area contributed by atoms with Gasteiger partial charge in [0.15, 0.2) is 0 Å². The van der Waals surface area contributed by atoms with E-state index < -0.39 is 5.82 Å². The van der Waals surface area contributed by atoms with Crippen molar-refractivity contribution in [3.63, 3.8) is 0 Å². The normalized spacial score (nSPS) is 24.5. The number of hydrogen-bond acceptors (Lipinski definition) is 3. The van der Waals surface area contributed by atoms with Gasteiger partial charge in [-0.2, -0.15) is 0 Å². The number of benzene rings is 1. The minimum absolute atomic E-state index is 0.196. The van der Waals surface area contributed by atoms with Crippen molar-refractivity contribution in [1.29, 1.82) is 0 Å². The first-order chi connectivity index (χ1) is 10.5. The van der Waals surface area contributed by atoms with E-state index in [1.807, 2.05) is 0 Å². The summed E-state index contributed by atoms with van der Waals surface area (Å²) in [6.07, 6.45) is 2.33. The molecule has 0 radical (unpaired) electrons. The Hall–Kier alpha value is -1.17. The van der Waals surface area contributed by atoms with Gasteiger partial charge in [0.25, 0.3) is 5.91 Å². The molecule has 0 bridgehead atoms. The largest absolute Gasteiger partial charge is 0.393 e. The van der Waals surface area contributed by atoms with Gasteiger partial charge in [0.1, 0.15) is 5.82 Å². The van der Waals surface area contributed by atoms with Crippen molar-refractivity contribution in [1.82, 2.24) is 4.90 Å². The van der Waals surface area contributed by atoms with E-state index in [0.29, 0.717) is 45.4 Å². The Morgan fingerprint density at radius 3 is 2.82 bits per heavy atom.